The number of rotatable bonds is 6. The first-order chi connectivity index (χ1) is 15.3. The van der Waals surface area contributed by atoms with Gasteiger partial charge in [0.2, 0.25) is 0 Å². The number of carbonyl (C=O) groups excluding carboxylic acids is 1. The van der Waals surface area contributed by atoms with Crippen LogP contribution in [0.25, 0.3) is 0 Å². The number of hydrogen-bond acceptors (Lipinski definition) is 2. The molecule has 0 heterocycles. The highest BCUT2D eigenvalue weighted by Gasteiger charge is 2.74. The molecule has 1 saturated carbocycles. The van der Waals surface area contributed by atoms with E-state index in [4.69, 9.17) is 4.74 Å². The molecule has 1 aliphatic rings. The Morgan fingerprint density at radius 2 is 1.09 bits per heavy atom. The summed E-state index contributed by atoms with van der Waals surface area (Å²) in [5.41, 5.74) is 0. The van der Waals surface area contributed by atoms with Crippen LogP contribution >= 0.6 is 7.26 Å². The molecule has 0 amide bonds. The van der Waals surface area contributed by atoms with Crippen LogP contribution in [0.1, 0.15) is 19.8 Å². The van der Waals surface area contributed by atoms with Crippen LogP contribution in [-0.4, -0.2) is 25.0 Å². The maximum absolute atomic E-state index is 13.3. The van der Waals surface area contributed by atoms with Crippen molar-refractivity contribution in [1.29, 1.82) is 0 Å². The van der Waals surface area contributed by atoms with Crippen molar-refractivity contribution in [1.82, 2.24) is 0 Å². The quantitative estimate of drug-likeness (QED) is 0.213. The summed E-state index contributed by atoms with van der Waals surface area (Å²) in [6, 6.07) is 31.7. The van der Waals surface area contributed by atoms with Gasteiger partial charge in [0.25, 0.3) is 0 Å². The highest BCUT2D eigenvalue weighted by atomic mass is 31.2. The fraction of sp³-hybridized carbons (Fsp3) is 0.208. The number of esters is 1. The number of ether oxygens (including phenoxy) is 1. The fourth-order valence-corrected chi connectivity index (χ4v) is 9.56. The van der Waals surface area contributed by atoms with Crippen LogP contribution in [0.15, 0.2) is 91.0 Å². The molecule has 3 aromatic rings. The number of halogens is 4. The van der Waals surface area contributed by atoms with E-state index in [9.17, 15) is 22.1 Å². The lowest BCUT2D eigenvalue weighted by atomic mass is 10.3. The summed E-state index contributed by atoms with van der Waals surface area (Å²) in [6.07, 6.45) is 1.75. The van der Waals surface area contributed by atoms with Gasteiger partial charge >= 0.3 is 13.2 Å². The van der Waals surface area contributed by atoms with Gasteiger partial charge in [-0.1, -0.05) is 54.6 Å². The number of carbonyl (C=O) groups is 1. The third-order valence-corrected chi connectivity index (χ3v) is 10.6. The van der Waals surface area contributed by atoms with E-state index in [0.717, 1.165) is 12.8 Å². The molecular weight excluding hydrogens is 438 g/mol. The van der Waals surface area contributed by atoms with E-state index in [0.29, 0.717) is 6.61 Å². The van der Waals surface area contributed by atoms with Gasteiger partial charge < -0.3 is 22.0 Å². The molecule has 1 fully saturated rings. The van der Waals surface area contributed by atoms with Crippen LogP contribution in [0.5, 0.6) is 0 Å². The molecule has 0 aliphatic heterocycles. The van der Waals surface area contributed by atoms with Crippen LogP contribution in [-0.2, 0) is 9.53 Å². The smallest absolute Gasteiger partial charge is 0.463 e. The van der Waals surface area contributed by atoms with E-state index in [-0.39, 0.29) is 5.97 Å². The molecule has 0 spiro atoms. The molecule has 0 bridgehead atoms. The minimum absolute atomic E-state index is 0.0464. The predicted octanol–water partition coefficient (Wildman–Crippen LogP) is 5.38. The lowest BCUT2D eigenvalue weighted by molar-refractivity contribution is -0.143. The first kappa shape index (κ1) is 24.0. The lowest BCUT2D eigenvalue weighted by Crippen LogP contribution is -2.44. The third kappa shape index (κ3) is 4.88. The zero-order valence-electron chi connectivity index (χ0n) is 17.6. The molecule has 0 aromatic heterocycles. The summed E-state index contributed by atoms with van der Waals surface area (Å²) in [7, 11) is -8.21. The molecule has 32 heavy (non-hydrogen) atoms. The van der Waals surface area contributed by atoms with E-state index in [1.54, 1.807) is 0 Å². The molecule has 2 nitrogen and oxygen atoms in total. The second-order valence-corrected chi connectivity index (χ2v) is 11.2. The van der Waals surface area contributed by atoms with Gasteiger partial charge in [-0.05, 0) is 43.3 Å². The summed E-state index contributed by atoms with van der Waals surface area (Å²) in [4.78, 5) is 13.3. The zero-order chi connectivity index (χ0) is 23.2. The Morgan fingerprint density at radius 3 is 1.34 bits per heavy atom. The van der Waals surface area contributed by atoms with Gasteiger partial charge in [0.05, 0.1) is 6.61 Å². The topological polar surface area (TPSA) is 26.3 Å². The van der Waals surface area contributed by atoms with Crippen molar-refractivity contribution in [2.24, 2.45) is 0 Å². The molecule has 168 valence electrons. The van der Waals surface area contributed by atoms with Crippen molar-refractivity contribution >= 4 is 36.4 Å². The molecule has 0 unspecified atom stereocenters. The van der Waals surface area contributed by atoms with Crippen LogP contribution in [0.3, 0.4) is 0 Å². The normalized spacial score (nSPS) is 14.7. The summed E-state index contributed by atoms with van der Waals surface area (Å²) in [6.45, 7) is 2.31. The average molecular weight is 462 g/mol. The van der Waals surface area contributed by atoms with Crippen molar-refractivity contribution in [2.75, 3.05) is 6.61 Å². The minimum atomic E-state index is -6.00. The van der Waals surface area contributed by atoms with E-state index < -0.39 is 19.7 Å². The van der Waals surface area contributed by atoms with Crippen molar-refractivity contribution in [2.45, 2.75) is 24.9 Å². The summed E-state index contributed by atoms with van der Waals surface area (Å²) in [5, 5.41) is 3.27. The van der Waals surface area contributed by atoms with E-state index >= 15 is 0 Å². The Kier molecular flexibility index (Phi) is 7.40. The molecule has 0 saturated heterocycles. The minimum Gasteiger partial charge on any atom is -0.463 e. The third-order valence-electron chi connectivity index (χ3n) is 5.45. The lowest BCUT2D eigenvalue weighted by Gasteiger charge is -2.33. The molecule has 3 aromatic carbocycles. The van der Waals surface area contributed by atoms with E-state index in [1.807, 2.05) is 25.1 Å². The molecule has 0 atom stereocenters. The van der Waals surface area contributed by atoms with Crippen LogP contribution < -0.4 is 15.9 Å². The summed E-state index contributed by atoms with van der Waals surface area (Å²) < 4.78 is 44.6. The Labute approximate surface area is 186 Å². The van der Waals surface area contributed by atoms with Gasteiger partial charge in [0, 0.05) is 12.8 Å². The number of hydrogen-bond donors (Lipinski definition) is 0. The van der Waals surface area contributed by atoms with Crippen LogP contribution in [0.2, 0.25) is 0 Å². The Balaban J connectivity index is 0.000000523. The molecule has 0 N–H and O–H groups in total. The Morgan fingerprint density at radius 1 is 0.781 bits per heavy atom. The largest absolute Gasteiger partial charge is 0.673 e. The molecule has 0 radical (unpaired) electrons. The molecule has 1 aliphatic carbocycles. The first-order valence-electron chi connectivity index (χ1n) is 10.4. The highest BCUT2D eigenvalue weighted by molar-refractivity contribution is 7.97. The van der Waals surface area contributed by atoms with Crippen molar-refractivity contribution in [3.8, 4) is 0 Å². The molecule has 8 heteroatoms. The van der Waals surface area contributed by atoms with Crippen molar-refractivity contribution in [3.05, 3.63) is 91.0 Å². The maximum atomic E-state index is 13.3. The first-order valence-corrected chi connectivity index (χ1v) is 12.1. The summed E-state index contributed by atoms with van der Waals surface area (Å²) >= 11 is 0. The fourth-order valence-electron chi connectivity index (χ4n) is 4.20. The average Bonchev–Trinajstić information content (AvgIpc) is 3.58. The predicted molar refractivity (Wildman–Crippen MR) is 124 cm³/mol. The SMILES string of the molecule is CCOC(=O)C1([P+](c2ccccc2)(c2ccccc2)c2ccccc2)CC1.F[B-](F)(F)F. The van der Waals surface area contributed by atoms with Crippen LogP contribution in [0, 0.1) is 0 Å². The second-order valence-electron chi connectivity index (χ2n) is 7.42. The summed E-state index contributed by atoms with van der Waals surface area (Å²) in [5.74, 6) is -0.0464. The number of benzene rings is 3. The van der Waals surface area contributed by atoms with Gasteiger partial charge in [0.15, 0.2) is 5.16 Å². The highest BCUT2D eigenvalue weighted by Crippen LogP contribution is 2.75. The zero-order valence-corrected chi connectivity index (χ0v) is 18.5. The van der Waals surface area contributed by atoms with Crippen molar-refractivity contribution < 1.29 is 26.8 Å². The monoisotopic (exact) mass is 462 g/mol. The van der Waals surface area contributed by atoms with E-state index in [1.165, 1.54) is 15.9 Å². The van der Waals surface area contributed by atoms with Crippen LogP contribution in [0.4, 0.5) is 17.3 Å². The van der Waals surface area contributed by atoms with E-state index in [2.05, 4.69) is 72.8 Å². The van der Waals surface area contributed by atoms with Gasteiger partial charge in [-0.2, -0.15) is 0 Å². The molecule has 4 rings (SSSR count). The Hall–Kier alpha value is -2.66. The van der Waals surface area contributed by atoms with Gasteiger partial charge in [0.1, 0.15) is 23.2 Å². The van der Waals surface area contributed by atoms with Gasteiger partial charge in [-0.25, -0.2) is 4.79 Å². The molecular formula is C24H24BF4O2P. The standard InChI is InChI=1S/C24H24O2P.BF4/c1-2-26-23(25)24(18-19-24)27(20-12-6-3-7-13-20,21-14-8-4-9-15-21)22-16-10-5-11-17-22;2-1(3,4)5/h3-17H,2,18-19H2,1H3;/q+1;-1. The van der Waals surface area contributed by atoms with Gasteiger partial charge in [-0.15, -0.1) is 0 Å². The van der Waals surface area contributed by atoms with Gasteiger partial charge in [-0.3, -0.25) is 0 Å². The maximum Gasteiger partial charge on any atom is 0.673 e. The Bertz CT molecular complexity index is 908. The van der Waals surface area contributed by atoms with Crippen molar-refractivity contribution in [3.63, 3.8) is 0 Å². The second kappa shape index (κ2) is 9.87.